The Balaban J connectivity index is 1.84. The average Bonchev–Trinajstić information content (AvgIpc) is 2.66. The van der Waals surface area contributed by atoms with Crippen LogP contribution in [0.3, 0.4) is 0 Å². The second-order valence-corrected chi connectivity index (χ2v) is 5.42. The Morgan fingerprint density at radius 1 is 0.920 bits per heavy atom. The van der Waals surface area contributed by atoms with E-state index in [1.165, 1.54) is 0 Å². The summed E-state index contributed by atoms with van der Waals surface area (Å²) in [6, 6.07) is 14.3. The van der Waals surface area contributed by atoms with Crippen molar-refractivity contribution in [3.8, 4) is 11.5 Å². The van der Waals surface area contributed by atoms with Gasteiger partial charge in [-0.1, -0.05) is 6.58 Å². The topological polar surface area (TPSA) is 71.6 Å². The lowest BCUT2D eigenvalue weighted by atomic mass is 10.2. The molecule has 0 aliphatic carbocycles. The smallest absolute Gasteiger partial charge is 0.260 e. The third kappa shape index (κ3) is 5.17. The molecule has 1 atom stereocenters. The molecular formula is C19H23N3O3. The number of hydrogen-bond acceptors (Lipinski definition) is 5. The number of rotatable bonds is 8. The number of ether oxygens (including phenoxy) is 2. The Morgan fingerprint density at radius 2 is 1.44 bits per heavy atom. The zero-order chi connectivity index (χ0) is 18.2. The average molecular weight is 341 g/mol. The standard InChI is InChI=1S/C19H23N3O3/c1-13(15-5-9-17(24-3)10-6-15)21-22-19(23)14(2)20-16-7-11-18(25-4)12-8-16/h5-12,14,20-21H,1H2,2-4H3,(H,22,23). The number of methoxy groups -OCH3 is 2. The highest BCUT2D eigenvalue weighted by atomic mass is 16.5. The highest BCUT2D eigenvalue weighted by Crippen LogP contribution is 2.16. The second-order valence-electron chi connectivity index (χ2n) is 5.42. The number of carbonyl (C=O) groups excluding carboxylic acids is 1. The predicted molar refractivity (Wildman–Crippen MR) is 99.4 cm³/mol. The number of nitrogens with one attached hydrogen (secondary N) is 3. The molecule has 6 nitrogen and oxygen atoms in total. The van der Waals surface area contributed by atoms with Gasteiger partial charge in [-0.05, 0) is 61.0 Å². The lowest BCUT2D eigenvalue weighted by molar-refractivity contribution is -0.122. The SMILES string of the molecule is C=C(NNC(=O)C(C)Nc1ccc(OC)cc1)c1ccc(OC)cc1. The predicted octanol–water partition coefficient (Wildman–Crippen LogP) is 2.80. The Kier molecular flexibility index (Phi) is 6.28. The van der Waals surface area contributed by atoms with Gasteiger partial charge in [-0.15, -0.1) is 0 Å². The molecule has 1 unspecified atom stereocenters. The van der Waals surface area contributed by atoms with E-state index in [0.717, 1.165) is 22.7 Å². The Bertz CT molecular complexity index is 712. The Hall–Kier alpha value is -3.15. The van der Waals surface area contributed by atoms with Crippen LogP contribution in [0.4, 0.5) is 5.69 Å². The van der Waals surface area contributed by atoms with Gasteiger partial charge in [-0.2, -0.15) is 0 Å². The first-order valence-electron chi connectivity index (χ1n) is 7.83. The number of hydrazine groups is 1. The van der Waals surface area contributed by atoms with E-state index in [1.54, 1.807) is 21.1 Å². The molecule has 0 fully saturated rings. The fourth-order valence-corrected chi connectivity index (χ4v) is 2.11. The molecule has 0 aliphatic rings. The summed E-state index contributed by atoms with van der Waals surface area (Å²) in [4.78, 5) is 12.2. The molecule has 2 aromatic carbocycles. The molecule has 0 saturated carbocycles. The maximum Gasteiger partial charge on any atom is 0.260 e. The van der Waals surface area contributed by atoms with Crippen LogP contribution in [-0.2, 0) is 4.79 Å². The molecule has 0 saturated heterocycles. The molecular weight excluding hydrogens is 318 g/mol. The van der Waals surface area contributed by atoms with Crippen molar-refractivity contribution in [1.82, 2.24) is 10.9 Å². The van der Waals surface area contributed by atoms with Crippen LogP contribution in [0.25, 0.3) is 5.70 Å². The first-order valence-corrected chi connectivity index (χ1v) is 7.83. The third-order valence-corrected chi connectivity index (χ3v) is 3.64. The summed E-state index contributed by atoms with van der Waals surface area (Å²) in [7, 11) is 3.22. The van der Waals surface area contributed by atoms with E-state index in [-0.39, 0.29) is 5.91 Å². The van der Waals surface area contributed by atoms with Crippen LogP contribution < -0.4 is 25.6 Å². The van der Waals surface area contributed by atoms with Gasteiger partial charge in [0.15, 0.2) is 0 Å². The molecule has 0 heterocycles. The van der Waals surface area contributed by atoms with Gasteiger partial charge in [0.05, 0.1) is 19.9 Å². The maximum atomic E-state index is 12.2. The summed E-state index contributed by atoms with van der Waals surface area (Å²) in [5.74, 6) is 1.32. The van der Waals surface area contributed by atoms with Crippen molar-refractivity contribution >= 4 is 17.3 Å². The molecule has 0 spiro atoms. The molecule has 2 rings (SSSR count). The van der Waals surface area contributed by atoms with Gasteiger partial charge in [0.25, 0.3) is 5.91 Å². The zero-order valence-corrected chi connectivity index (χ0v) is 14.6. The van der Waals surface area contributed by atoms with Crippen LogP contribution in [0, 0.1) is 0 Å². The van der Waals surface area contributed by atoms with Crippen molar-refractivity contribution in [2.75, 3.05) is 19.5 Å². The number of carbonyl (C=O) groups is 1. The Labute approximate surface area is 147 Å². The van der Waals surface area contributed by atoms with E-state index in [4.69, 9.17) is 9.47 Å². The quantitative estimate of drug-likeness (QED) is 0.644. The first kappa shape index (κ1) is 18.2. The van der Waals surface area contributed by atoms with Crippen LogP contribution in [0.2, 0.25) is 0 Å². The summed E-state index contributed by atoms with van der Waals surface area (Å²) in [5, 5.41) is 3.12. The lowest BCUT2D eigenvalue weighted by Gasteiger charge is -2.17. The summed E-state index contributed by atoms with van der Waals surface area (Å²) >= 11 is 0. The number of hydrogen-bond donors (Lipinski definition) is 3. The number of benzene rings is 2. The number of amides is 1. The molecule has 0 bridgehead atoms. The fourth-order valence-electron chi connectivity index (χ4n) is 2.11. The van der Waals surface area contributed by atoms with Gasteiger partial charge in [0, 0.05) is 5.69 Å². The second kappa shape index (κ2) is 8.63. The van der Waals surface area contributed by atoms with Gasteiger partial charge < -0.3 is 14.8 Å². The normalized spacial score (nSPS) is 11.2. The summed E-state index contributed by atoms with van der Waals surface area (Å²) < 4.78 is 10.2. The van der Waals surface area contributed by atoms with E-state index in [9.17, 15) is 4.79 Å². The minimum Gasteiger partial charge on any atom is -0.497 e. The molecule has 2 aromatic rings. The minimum atomic E-state index is -0.426. The van der Waals surface area contributed by atoms with Crippen LogP contribution >= 0.6 is 0 Å². The maximum absolute atomic E-state index is 12.2. The molecule has 6 heteroatoms. The minimum absolute atomic E-state index is 0.203. The highest BCUT2D eigenvalue weighted by Gasteiger charge is 2.12. The molecule has 3 N–H and O–H groups in total. The van der Waals surface area contributed by atoms with Crippen molar-refractivity contribution in [2.45, 2.75) is 13.0 Å². The third-order valence-electron chi connectivity index (χ3n) is 3.64. The summed E-state index contributed by atoms with van der Waals surface area (Å²) in [6.07, 6.45) is 0. The Morgan fingerprint density at radius 3 is 1.96 bits per heavy atom. The summed E-state index contributed by atoms with van der Waals surface area (Å²) in [6.45, 7) is 5.69. The molecule has 0 aliphatic heterocycles. The van der Waals surface area contributed by atoms with Gasteiger partial charge >= 0.3 is 0 Å². The lowest BCUT2D eigenvalue weighted by Crippen LogP contribution is -2.44. The van der Waals surface area contributed by atoms with E-state index in [0.29, 0.717) is 5.70 Å². The fraction of sp³-hybridized carbons (Fsp3) is 0.211. The molecule has 0 radical (unpaired) electrons. The molecule has 0 aromatic heterocycles. The monoisotopic (exact) mass is 341 g/mol. The molecule has 132 valence electrons. The van der Waals surface area contributed by atoms with Crippen molar-refractivity contribution in [3.63, 3.8) is 0 Å². The zero-order valence-electron chi connectivity index (χ0n) is 14.6. The van der Waals surface area contributed by atoms with E-state index in [2.05, 4.69) is 22.7 Å². The van der Waals surface area contributed by atoms with Crippen molar-refractivity contribution in [2.24, 2.45) is 0 Å². The van der Waals surface area contributed by atoms with E-state index < -0.39 is 6.04 Å². The highest BCUT2D eigenvalue weighted by molar-refractivity contribution is 5.84. The molecule has 1 amide bonds. The van der Waals surface area contributed by atoms with Gasteiger partial charge in [-0.25, -0.2) is 0 Å². The largest absolute Gasteiger partial charge is 0.497 e. The number of anilines is 1. The van der Waals surface area contributed by atoms with Gasteiger partial charge in [-0.3, -0.25) is 15.6 Å². The van der Waals surface area contributed by atoms with Gasteiger partial charge in [0.1, 0.15) is 17.5 Å². The van der Waals surface area contributed by atoms with E-state index >= 15 is 0 Å². The van der Waals surface area contributed by atoms with Gasteiger partial charge in [0.2, 0.25) is 0 Å². The van der Waals surface area contributed by atoms with E-state index in [1.807, 2.05) is 48.5 Å². The van der Waals surface area contributed by atoms with Crippen LogP contribution in [-0.4, -0.2) is 26.2 Å². The van der Waals surface area contributed by atoms with Crippen LogP contribution in [0.5, 0.6) is 11.5 Å². The van der Waals surface area contributed by atoms with Crippen LogP contribution in [0.15, 0.2) is 55.1 Å². The van der Waals surface area contributed by atoms with Crippen molar-refractivity contribution in [1.29, 1.82) is 0 Å². The molecule has 25 heavy (non-hydrogen) atoms. The van der Waals surface area contributed by atoms with Crippen molar-refractivity contribution in [3.05, 3.63) is 60.7 Å². The summed E-state index contributed by atoms with van der Waals surface area (Å²) in [5.41, 5.74) is 7.75. The van der Waals surface area contributed by atoms with Crippen molar-refractivity contribution < 1.29 is 14.3 Å². The first-order chi connectivity index (χ1) is 12.0. The van der Waals surface area contributed by atoms with Crippen LogP contribution in [0.1, 0.15) is 12.5 Å².